The molecule has 0 spiro atoms. The second kappa shape index (κ2) is 5.73. The molecule has 1 aliphatic rings. The highest BCUT2D eigenvalue weighted by Gasteiger charge is 2.31. The van der Waals surface area contributed by atoms with Crippen LogP contribution in [0.1, 0.15) is 35.5 Å². The highest BCUT2D eigenvalue weighted by Crippen LogP contribution is 2.22. The van der Waals surface area contributed by atoms with Crippen LogP contribution >= 0.6 is 11.3 Å². The van der Waals surface area contributed by atoms with Gasteiger partial charge in [0.1, 0.15) is 0 Å². The maximum atomic E-state index is 11.5. The van der Waals surface area contributed by atoms with Crippen molar-refractivity contribution in [2.24, 2.45) is 0 Å². The van der Waals surface area contributed by atoms with Crippen molar-refractivity contribution >= 4 is 27.0 Å². The molecule has 106 valence electrons. The maximum absolute atomic E-state index is 11.5. The average molecular weight is 301 g/mol. The standard InChI is InChI=1S/C13H19NO3S2/c1-3-14(12-4-5-19(16,17)9-12)7-11-6-13(10(2)15)18-8-11/h6,8,12H,3-5,7,9H2,1-2H3. The number of hydrogen-bond acceptors (Lipinski definition) is 5. The Morgan fingerprint density at radius 3 is 2.74 bits per heavy atom. The van der Waals surface area contributed by atoms with E-state index in [0.29, 0.717) is 5.75 Å². The Bertz CT molecular complexity index is 562. The van der Waals surface area contributed by atoms with Gasteiger partial charge in [-0.15, -0.1) is 11.3 Å². The third-order valence-electron chi connectivity index (χ3n) is 3.52. The Balaban J connectivity index is 2.04. The van der Waals surface area contributed by atoms with Crippen molar-refractivity contribution in [3.8, 4) is 0 Å². The van der Waals surface area contributed by atoms with Crippen LogP contribution in [0.5, 0.6) is 0 Å². The first-order valence-corrected chi connectivity index (χ1v) is 9.14. The van der Waals surface area contributed by atoms with Gasteiger partial charge in [0.15, 0.2) is 15.6 Å². The number of sulfone groups is 1. The van der Waals surface area contributed by atoms with Gasteiger partial charge in [-0.1, -0.05) is 6.92 Å². The van der Waals surface area contributed by atoms with E-state index in [4.69, 9.17) is 0 Å². The molecule has 4 nitrogen and oxygen atoms in total. The van der Waals surface area contributed by atoms with Gasteiger partial charge in [-0.25, -0.2) is 8.42 Å². The van der Waals surface area contributed by atoms with Crippen molar-refractivity contribution in [3.05, 3.63) is 21.9 Å². The molecule has 1 aliphatic heterocycles. The molecule has 1 unspecified atom stereocenters. The number of hydrogen-bond donors (Lipinski definition) is 0. The van der Waals surface area contributed by atoms with Crippen molar-refractivity contribution in [2.45, 2.75) is 32.9 Å². The predicted molar refractivity (Wildman–Crippen MR) is 77.5 cm³/mol. The van der Waals surface area contributed by atoms with Gasteiger partial charge < -0.3 is 0 Å². The van der Waals surface area contributed by atoms with E-state index in [1.807, 2.05) is 18.4 Å². The van der Waals surface area contributed by atoms with Crippen LogP contribution in [-0.4, -0.2) is 43.2 Å². The van der Waals surface area contributed by atoms with Crippen LogP contribution in [-0.2, 0) is 16.4 Å². The molecule has 0 aromatic carbocycles. The summed E-state index contributed by atoms with van der Waals surface area (Å²) in [4.78, 5) is 14.2. The Morgan fingerprint density at radius 2 is 2.26 bits per heavy atom. The summed E-state index contributed by atoms with van der Waals surface area (Å²) in [5.74, 6) is 0.656. The first kappa shape index (κ1) is 14.7. The lowest BCUT2D eigenvalue weighted by molar-refractivity contribution is 0.102. The Hall–Kier alpha value is -0.720. The van der Waals surface area contributed by atoms with Crippen LogP contribution in [0.25, 0.3) is 0 Å². The number of ketones is 1. The number of thiophene rings is 1. The molecule has 1 aromatic heterocycles. The lowest BCUT2D eigenvalue weighted by atomic mass is 10.2. The van der Waals surface area contributed by atoms with Crippen LogP contribution < -0.4 is 0 Å². The highest BCUT2D eigenvalue weighted by atomic mass is 32.2. The normalized spacial score (nSPS) is 21.9. The minimum Gasteiger partial charge on any atom is -0.295 e. The van der Waals surface area contributed by atoms with Gasteiger partial charge in [0, 0.05) is 12.6 Å². The van der Waals surface area contributed by atoms with E-state index < -0.39 is 9.84 Å². The molecule has 1 aromatic rings. The third kappa shape index (κ3) is 3.64. The van der Waals surface area contributed by atoms with Crippen LogP contribution in [0, 0.1) is 0 Å². The van der Waals surface area contributed by atoms with Gasteiger partial charge in [0.05, 0.1) is 16.4 Å². The van der Waals surface area contributed by atoms with E-state index in [0.717, 1.165) is 30.0 Å². The van der Waals surface area contributed by atoms with E-state index in [1.54, 1.807) is 6.92 Å². The van der Waals surface area contributed by atoms with E-state index in [-0.39, 0.29) is 17.6 Å². The fourth-order valence-corrected chi connectivity index (χ4v) is 5.01. The third-order valence-corrected chi connectivity index (χ3v) is 6.35. The summed E-state index contributed by atoms with van der Waals surface area (Å²) in [7, 11) is -2.84. The van der Waals surface area contributed by atoms with Gasteiger partial charge >= 0.3 is 0 Å². The van der Waals surface area contributed by atoms with Gasteiger partial charge in [-0.2, -0.15) is 0 Å². The predicted octanol–water partition coefficient (Wildman–Crippen LogP) is 1.96. The van der Waals surface area contributed by atoms with E-state index in [1.165, 1.54) is 11.3 Å². The fraction of sp³-hybridized carbons (Fsp3) is 0.615. The smallest absolute Gasteiger partial charge is 0.169 e. The maximum Gasteiger partial charge on any atom is 0.169 e. The molecule has 0 saturated carbocycles. The molecule has 1 saturated heterocycles. The summed E-state index contributed by atoms with van der Waals surface area (Å²) in [5.41, 5.74) is 1.10. The van der Waals surface area contributed by atoms with Crippen LogP contribution in [0.15, 0.2) is 11.4 Å². The number of rotatable bonds is 5. The Labute approximate surface area is 118 Å². The molecule has 19 heavy (non-hydrogen) atoms. The van der Waals surface area contributed by atoms with Gasteiger partial charge in [0.2, 0.25) is 0 Å². The molecular formula is C13H19NO3S2. The second-order valence-electron chi connectivity index (χ2n) is 5.00. The van der Waals surface area contributed by atoms with Crippen molar-refractivity contribution in [1.82, 2.24) is 4.90 Å². The summed E-state index contributed by atoms with van der Waals surface area (Å²) in [5, 5.41) is 1.99. The van der Waals surface area contributed by atoms with Gasteiger partial charge in [-0.05, 0) is 36.9 Å². The van der Waals surface area contributed by atoms with Crippen molar-refractivity contribution < 1.29 is 13.2 Å². The van der Waals surface area contributed by atoms with Crippen LogP contribution in [0.4, 0.5) is 0 Å². The van der Waals surface area contributed by atoms with Crippen molar-refractivity contribution in [3.63, 3.8) is 0 Å². The Morgan fingerprint density at radius 1 is 1.53 bits per heavy atom. The molecule has 0 N–H and O–H groups in total. The zero-order chi connectivity index (χ0) is 14.0. The summed E-state index contributed by atoms with van der Waals surface area (Å²) in [6.45, 7) is 5.16. The van der Waals surface area contributed by atoms with Gasteiger partial charge in [0.25, 0.3) is 0 Å². The number of nitrogens with zero attached hydrogens (tertiary/aromatic N) is 1. The molecule has 0 radical (unpaired) electrons. The molecular weight excluding hydrogens is 282 g/mol. The zero-order valence-electron chi connectivity index (χ0n) is 11.3. The second-order valence-corrected chi connectivity index (χ2v) is 8.14. The van der Waals surface area contributed by atoms with Crippen molar-refractivity contribution in [2.75, 3.05) is 18.1 Å². The quantitative estimate of drug-likeness (QED) is 0.780. The number of Topliss-reactive ketones (excluding diaryl/α,β-unsaturated/α-hetero) is 1. The van der Waals surface area contributed by atoms with E-state index in [9.17, 15) is 13.2 Å². The molecule has 6 heteroatoms. The highest BCUT2D eigenvalue weighted by molar-refractivity contribution is 7.91. The molecule has 0 amide bonds. The molecule has 1 atom stereocenters. The number of carbonyl (C=O) groups is 1. The largest absolute Gasteiger partial charge is 0.295 e. The lowest BCUT2D eigenvalue weighted by Crippen LogP contribution is -2.35. The number of carbonyl (C=O) groups excluding carboxylic acids is 1. The van der Waals surface area contributed by atoms with Crippen LogP contribution in [0.3, 0.4) is 0 Å². The summed E-state index contributed by atoms with van der Waals surface area (Å²) in [6.07, 6.45) is 0.722. The first-order chi connectivity index (χ1) is 8.91. The molecule has 2 rings (SSSR count). The topological polar surface area (TPSA) is 54.5 Å². The minimum absolute atomic E-state index is 0.0859. The summed E-state index contributed by atoms with van der Waals surface area (Å²) >= 11 is 1.46. The van der Waals surface area contributed by atoms with E-state index in [2.05, 4.69) is 4.90 Å². The molecule has 1 fully saturated rings. The average Bonchev–Trinajstić information content (AvgIpc) is 2.92. The van der Waals surface area contributed by atoms with Crippen LogP contribution in [0.2, 0.25) is 0 Å². The lowest BCUT2D eigenvalue weighted by Gasteiger charge is -2.26. The summed E-state index contributed by atoms with van der Waals surface area (Å²) in [6, 6.07) is 2.04. The zero-order valence-corrected chi connectivity index (χ0v) is 12.9. The molecule has 2 heterocycles. The fourth-order valence-electron chi connectivity index (χ4n) is 2.44. The molecule has 0 bridgehead atoms. The summed E-state index contributed by atoms with van der Waals surface area (Å²) < 4.78 is 23.1. The molecule has 0 aliphatic carbocycles. The van der Waals surface area contributed by atoms with Gasteiger partial charge in [-0.3, -0.25) is 9.69 Å². The minimum atomic E-state index is -2.84. The monoisotopic (exact) mass is 301 g/mol. The first-order valence-electron chi connectivity index (χ1n) is 6.44. The Kier molecular flexibility index (Phi) is 4.43. The van der Waals surface area contributed by atoms with E-state index >= 15 is 0 Å². The van der Waals surface area contributed by atoms with Crippen molar-refractivity contribution in [1.29, 1.82) is 0 Å². The SMILES string of the molecule is CCN(Cc1csc(C(C)=O)c1)C1CCS(=O)(=O)C1.